The first-order valence-electron chi connectivity index (χ1n) is 12.7. The highest BCUT2D eigenvalue weighted by atomic mass is 19.1. The van der Waals surface area contributed by atoms with Crippen molar-refractivity contribution in [3.05, 3.63) is 73.1 Å². The number of hydrogen-bond acceptors (Lipinski definition) is 7. The molecule has 1 aliphatic rings. The van der Waals surface area contributed by atoms with Crippen LogP contribution in [0.4, 0.5) is 14.9 Å². The number of H-pyrrole nitrogens is 2. The van der Waals surface area contributed by atoms with Crippen molar-refractivity contribution in [1.82, 2.24) is 40.0 Å². The van der Waals surface area contributed by atoms with Crippen molar-refractivity contribution in [2.75, 3.05) is 31.6 Å². The molecule has 0 spiro atoms. The Kier molecular flexibility index (Phi) is 5.86. The predicted octanol–water partition coefficient (Wildman–Crippen LogP) is 4.63. The van der Waals surface area contributed by atoms with E-state index < -0.39 is 0 Å². The number of ether oxygens (including phenoxy) is 1. The molecule has 0 radical (unpaired) electrons. The lowest BCUT2D eigenvalue weighted by Gasteiger charge is -2.26. The van der Waals surface area contributed by atoms with E-state index in [0.717, 1.165) is 22.1 Å². The van der Waals surface area contributed by atoms with Crippen LogP contribution in [0.5, 0.6) is 0 Å². The smallest absolute Gasteiger partial charge is 0.322 e. The van der Waals surface area contributed by atoms with E-state index in [0.29, 0.717) is 65.9 Å². The van der Waals surface area contributed by atoms with E-state index in [1.807, 2.05) is 24.3 Å². The zero-order chi connectivity index (χ0) is 27.1. The van der Waals surface area contributed by atoms with Gasteiger partial charge in [-0.15, -0.1) is 0 Å². The summed E-state index contributed by atoms with van der Waals surface area (Å²) in [6.07, 6.45) is 6.69. The highest BCUT2D eigenvalue weighted by Crippen LogP contribution is 2.32. The van der Waals surface area contributed by atoms with E-state index in [1.54, 1.807) is 35.8 Å². The van der Waals surface area contributed by atoms with Gasteiger partial charge in [-0.1, -0.05) is 12.1 Å². The average molecular weight is 536 g/mol. The van der Waals surface area contributed by atoms with Crippen LogP contribution in [0.3, 0.4) is 0 Å². The van der Waals surface area contributed by atoms with Crippen molar-refractivity contribution in [1.29, 1.82) is 0 Å². The molecule has 0 aliphatic carbocycles. The molecule has 0 unspecified atom stereocenters. The number of rotatable bonds is 4. The maximum Gasteiger partial charge on any atom is 0.322 e. The van der Waals surface area contributed by atoms with Crippen molar-refractivity contribution < 1.29 is 13.9 Å². The number of morpholine rings is 1. The van der Waals surface area contributed by atoms with E-state index >= 15 is 0 Å². The monoisotopic (exact) mass is 535 g/mol. The Morgan fingerprint density at radius 3 is 2.73 bits per heavy atom. The molecule has 3 N–H and O–H groups in total. The van der Waals surface area contributed by atoms with Gasteiger partial charge in [0, 0.05) is 48.4 Å². The third-order valence-corrected chi connectivity index (χ3v) is 6.78. The number of nitrogens with one attached hydrogen (secondary N) is 3. The maximum atomic E-state index is 13.9. The molecule has 0 atom stereocenters. The highest BCUT2D eigenvalue weighted by molar-refractivity contribution is 5.96. The minimum Gasteiger partial charge on any atom is -0.378 e. The van der Waals surface area contributed by atoms with Crippen molar-refractivity contribution in [2.45, 2.75) is 0 Å². The lowest BCUT2D eigenvalue weighted by Crippen LogP contribution is -2.43. The quantitative estimate of drug-likeness (QED) is 0.299. The molecule has 1 aliphatic heterocycles. The van der Waals surface area contributed by atoms with Gasteiger partial charge in [-0.05, 0) is 35.9 Å². The summed E-state index contributed by atoms with van der Waals surface area (Å²) in [6, 6.07) is 11.8. The Bertz CT molecular complexity index is 1880. The van der Waals surface area contributed by atoms with Crippen molar-refractivity contribution in [2.24, 2.45) is 0 Å². The molecule has 0 bridgehead atoms. The number of nitrogens with zero attached hydrogens (tertiary/aromatic N) is 6. The van der Waals surface area contributed by atoms with Crippen LogP contribution in [0.2, 0.25) is 0 Å². The lowest BCUT2D eigenvalue weighted by molar-refractivity contribution is 0.0564. The lowest BCUT2D eigenvalue weighted by atomic mass is 10.1. The molecule has 11 nitrogen and oxygen atoms in total. The number of amides is 2. The maximum absolute atomic E-state index is 13.9. The number of hydrogen-bond donors (Lipinski definition) is 3. The van der Waals surface area contributed by atoms with E-state index in [4.69, 9.17) is 9.72 Å². The number of aromatic amines is 2. The van der Waals surface area contributed by atoms with Crippen LogP contribution in [0.15, 0.2) is 67.3 Å². The Morgan fingerprint density at radius 1 is 0.975 bits per heavy atom. The number of aromatic nitrogens is 7. The van der Waals surface area contributed by atoms with Gasteiger partial charge in [-0.25, -0.2) is 24.1 Å². The zero-order valence-corrected chi connectivity index (χ0v) is 21.1. The van der Waals surface area contributed by atoms with Gasteiger partial charge in [0.05, 0.1) is 30.5 Å². The van der Waals surface area contributed by atoms with E-state index in [2.05, 4.69) is 35.5 Å². The average Bonchev–Trinajstić information content (AvgIpc) is 3.61. The number of fused-ring (bicyclic) bond motifs is 2. The van der Waals surface area contributed by atoms with Gasteiger partial charge in [-0.3, -0.25) is 10.1 Å². The first-order chi connectivity index (χ1) is 19.6. The van der Waals surface area contributed by atoms with Gasteiger partial charge in [0.25, 0.3) is 0 Å². The number of carbonyl (C=O) groups excluding carboxylic acids is 1. The molecule has 1 fully saturated rings. The molecule has 7 rings (SSSR count). The second-order valence-corrected chi connectivity index (χ2v) is 9.34. The molecule has 0 saturated carbocycles. The molecule has 2 amide bonds. The fourth-order valence-corrected chi connectivity index (χ4v) is 4.79. The molecule has 1 aromatic carbocycles. The van der Waals surface area contributed by atoms with Gasteiger partial charge < -0.3 is 19.9 Å². The normalized spacial score (nSPS) is 13.7. The number of imidazole rings is 1. The Hall–Kier alpha value is -5.23. The second-order valence-electron chi connectivity index (χ2n) is 9.34. The molecule has 198 valence electrons. The summed E-state index contributed by atoms with van der Waals surface area (Å²) in [5.74, 6) is 0.176. The minimum atomic E-state index is -0.325. The van der Waals surface area contributed by atoms with Crippen molar-refractivity contribution >= 4 is 33.9 Å². The number of carbonyl (C=O) groups is 1. The standard InChI is InChI=1S/C28H22FN9O2/c29-19-3-1-2-16(10-19)21-4-5-31-26-23(21)34-27(35-26)24-22-12-18(14-32-25(22)37-36-24)17-11-20(15-30-13-17)33-28(39)38-6-8-40-9-7-38/h1-5,10-15H,6-9H2,(H,33,39)(H,31,34,35)(H,32,36,37). The number of halogens is 1. The van der Waals surface area contributed by atoms with E-state index in [1.165, 1.54) is 12.1 Å². The molecular weight excluding hydrogens is 513 g/mol. The molecule has 6 aromatic rings. The molecule has 1 saturated heterocycles. The summed E-state index contributed by atoms with van der Waals surface area (Å²) in [5, 5.41) is 11.1. The van der Waals surface area contributed by atoms with Crippen LogP contribution in [0.25, 0.3) is 56.0 Å². The third kappa shape index (κ3) is 4.39. The fourth-order valence-electron chi connectivity index (χ4n) is 4.79. The summed E-state index contributed by atoms with van der Waals surface area (Å²) in [6.45, 7) is 2.14. The van der Waals surface area contributed by atoms with Crippen LogP contribution in [-0.4, -0.2) is 72.4 Å². The summed E-state index contributed by atoms with van der Waals surface area (Å²) < 4.78 is 19.2. The molecule has 40 heavy (non-hydrogen) atoms. The highest BCUT2D eigenvalue weighted by Gasteiger charge is 2.19. The zero-order valence-electron chi connectivity index (χ0n) is 21.1. The summed E-state index contributed by atoms with van der Waals surface area (Å²) in [7, 11) is 0. The van der Waals surface area contributed by atoms with Crippen LogP contribution in [-0.2, 0) is 4.74 Å². The summed E-state index contributed by atoms with van der Waals surface area (Å²) in [5.41, 5.74) is 5.93. The van der Waals surface area contributed by atoms with Gasteiger partial charge in [0.15, 0.2) is 17.1 Å². The van der Waals surface area contributed by atoms with E-state index in [9.17, 15) is 9.18 Å². The second kappa shape index (κ2) is 9.82. The Morgan fingerprint density at radius 2 is 1.85 bits per heavy atom. The third-order valence-electron chi connectivity index (χ3n) is 6.78. The number of pyridine rings is 3. The van der Waals surface area contributed by atoms with Gasteiger partial charge in [0.1, 0.15) is 17.0 Å². The molecular formula is C28H22FN9O2. The predicted molar refractivity (Wildman–Crippen MR) is 147 cm³/mol. The molecule has 5 aromatic heterocycles. The fraction of sp³-hybridized carbons (Fsp3) is 0.143. The molecule has 6 heterocycles. The number of benzene rings is 1. The summed E-state index contributed by atoms with van der Waals surface area (Å²) in [4.78, 5) is 35.6. The molecule has 12 heteroatoms. The number of anilines is 1. The van der Waals surface area contributed by atoms with Gasteiger partial charge >= 0.3 is 6.03 Å². The van der Waals surface area contributed by atoms with Crippen LogP contribution < -0.4 is 5.32 Å². The van der Waals surface area contributed by atoms with Gasteiger partial charge in [0.2, 0.25) is 0 Å². The van der Waals surface area contributed by atoms with Crippen LogP contribution in [0.1, 0.15) is 0 Å². The van der Waals surface area contributed by atoms with Crippen LogP contribution in [0, 0.1) is 5.82 Å². The number of urea groups is 1. The van der Waals surface area contributed by atoms with Gasteiger partial charge in [-0.2, -0.15) is 5.10 Å². The SMILES string of the molecule is O=C(Nc1cncc(-c2cnc3[nH]nc(-c4nc5c(-c6cccc(F)c6)ccnc5[nH]4)c3c2)c1)N1CCOCC1. The topological polar surface area (TPSA) is 138 Å². The largest absolute Gasteiger partial charge is 0.378 e. The van der Waals surface area contributed by atoms with E-state index in [-0.39, 0.29) is 11.8 Å². The Balaban J connectivity index is 1.23. The van der Waals surface area contributed by atoms with Crippen molar-refractivity contribution in [3.63, 3.8) is 0 Å². The van der Waals surface area contributed by atoms with Crippen LogP contribution >= 0.6 is 0 Å². The Labute approximate surface area is 226 Å². The van der Waals surface area contributed by atoms with Crippen molar-refractivity contribution in [3.8, 4) is 33.8 Å². The summed E-state index contributed by atoms with van der Waals surface area (Å²) >= 11 is 0. The minimum absolute atomic E-state index is 0.191. The first-order valence-corrected chi connectivity index (χ1v) is 12.7. The first kappa shape index (κ1) is 23.9.